The lowest BCUT2D eigenvalue weighted by molar-refractivity contribution is -0.134. The number of hydrogen-bond donors (Lipinski definition) is 0. The number of fused-ring (bicyclic) bond motifs is 1. The van der Waals surface area contributed by atoms with E-state index < -0.39 is 5.44 Å². The lowest BCUT2D eigenvalue weighted by Gasteiger charge is -2.28. The Morgan fingerprint density at radius 2 is 1.76 bits per heavy atom. The molecule has 8 heteroatoms. The van der Waals surface area contributed by atoms with Crippen molar-refractivity contribution in [1.82, 2.24) is 9.80 Å². The highest BCUT2D eigenvalue weighted by Gasteiger charge is 2.40. The second-order valence-corrected chi connectivity index (χ2v) is 8.69. The number of ether oxygens (including phenoxy) is 1. The van der Waals surface area contributed by atoms with Gasteiger partial charge in [-0.25, -0.2) is 0 Å². The lowest BCUT2D eigenvalue weighted by Crippen LogP contribution is -2.35. The molecular formula is C21H20N2O4S2. The monoisotopic (exact) mass is 428 g/mol. The number of nitrogens with zero attached hydrogens (tertiary/aromatic N) is 2. The maximum Gasteiger partial charge on any atom is 0.291 e. The summed E-state index contributed by atoms with van der Waals surface area (Å²) in [6.45, 7) is 1.11. The highest BCUT2D eigenvalue weighted by Crippen LogP contribution is 2.31. The minimum atomic E-state index is -0.807. The summed E-state index contributed by atoms with van der Waals surface area (Å²) in [5, 5.41) is -0.289. The number of amides is 3. The van der Waals surface area contributed by atoms with Gasteiger partial charge in [0.2, 0.25) is 0 Å². The Bertz CT molecular complexity index is 922. The highest BCUT2D eigenvalue weighted by molar-refractivity contribution is 8.15. The Kier molecular flexibility index (Phi) is 6.22. The van der Waals surface area contributed by atoms with Gasteiger partial charge in [-0.1, -0.05) is 42.5 Å². The molecule has 6 nitrogen and oxygen atoms in total. The standard InChI is InChI=1S/C21H20N2O4S2/c24-18-16-9-4-5-10-17(16)28-14-22(18)11-6-12-27-20-19(25)23(21(26)29-20)13-15-7-2-1-3-8-15/h1-5,7-10,20H,6,11-14H2. The molecule has 2 aliphatic rings. The summed E-state index contributed by atoms with van der Waals surface area (Å²) in [6, 6.07) is 17.0. The molecule has 0 spiro atoms. The van der Waals surface area contributed by atoms with Gasteiger partial charge in [-0.15, -0.1) is 11.8 Å². The third-order valence-corrected chi connectivity index (χ3v) is 6.78. The summed E-state index contributed by atoms with van der Waals surface area (Å²) in [7, 11) is 0. The molecule has 0 aromatic heterocycles. The quantitative estimate of drug-likeness (QED) is 0.625. The average Bonchev–Trinajstić information content (AvgIpc) is 3.01. The van der Waals surface area contributed by atoms with Crippen LogP contribution in [0.2, 0.25) is 0 Å². The van der Waals surface area contributed by atoms with Gasteiger partial charge < -0.3 is 9.64 Å². The molecule has 3 amide bonds. The molecule has 0 N–H and O–H groups in total. The van der Waals surface area contributed by atoms with Crippen molar-refractivity contribution in [2.24, 2.45) is 0 Å². The maximum atomic E-state index is 12.5. The van der Waals surface area contributed by atoms with E-state index in [9.17, 15) is 14.4 Å². The van der Waals surface area contributed by atoms with Crippen molar-refractivity contribution in [2.45, 2.75) is 23.3 Å². The van der Waals surface area contributed by atoms with E-state index >= 15 is 0 Å². The van der Waals surface area contributed by atoms with Crippen LogP contribution in [-0.2, 0) is 16.1 Å². The maximum absolute atomic E-state index is 12.5. The van der Waals surface area contributed by atoms with Crippen LogP contribution in [0.5, 0.6) is 0 Å². The van der Waals surface area contributed by atoms with E-state index in [4.69, 9.17) is 4.74 Å². The van der Waals surface area contributed by atoms with Crippen LogP contribution in [0.1, 0.15) is 22.3 Å². The first-order valence-corrected chi connectivity index (χ1v) is 11.2. The normalized spacial score (nSPS) is 19.0. The van der Waals surface area contributed by atoms with Crippen molar-refractivity contribution in [3.8, 4) is 0 Å². The number of carbonyl (C=O) groups excluding carboxylic acids is 3. The molecule has 2 aromatic carbocycles. The Balaban J connectivity index is 1.25. The molecule has 2 heterocycles. The number of rotatable bonds is 7. The fraction of sp³-hybridized carbons (Fsp3) is 0.286. The van der Waals surface area contributed by atoms with Gasteiger partial charge in [-0.3, -0.25) is 19.3 Å². The Morgan fingerprint density at radius 3 is 2.59 bits per heavy atom. The molecule has 2 aliphatic heterocycles. The first-order valence-electron chi connectivity index (χ1n) is 9.32. The highest BCUT2D eigenvalue weighted by atomic mass is 32.2. The van der Waals surface area contributed by atoms with E-state index in [-0.39, 0.29) is 23.6 Å². The van der Waals surface area contributed by atoms with Crippen molar-refractivity contribution in [3.63, 3.8) is 0 Å². The van der Waals surface area contributed by atoms with Crippen LogP contribution >= 0.6 is 23.5 Å². The topological polar surface area (TPSA) is 66.9 Å². The van der Waals surface area contributed by atoms with Crippen LogP contribution in [0, 0.1) is 0 Å². The molecule has 2 aromatic rings. The molecule has 1 unspecified atom stereocenters. The number of hydrogen-bond acceptors (Lipinski definition) is 6. The van der Waals surface area contributed by atoms with Crippen molar-refractivity contribution < 1.29 is 19.1 Å². The van der Waals surface area contributed by atoms with Crippen molar-refractivity contribution in [2.75, 3.05) is 19.0 Å². The number of thioether (sulfide) groups is 2. The first-order chi connectivity index (χ1) is 14.1. The van der Waals surface area contributed by atoms with Crippen LogP contribution in [0.25, 0.3) is 0 Å². The Hall–Kier alpha value is -2.29. The van der Waals surface area contributed by atoms with E-state index in [1.165, 1.54) is 4.90 Å². The predicted octanol–water partition coefficient (Wildman–Crippen LogP) is 3.82. The Labute approximate surface area is 177 Å². The predicted molar refractivity (Wildman–Crippen MR) is 113 cm³/mol. The van der Waals surface area contributed by atoms with Gasteiger partial charge in [0.1, 0.15) is 0 Å². The third kappa shape index (κ3) is 4.49. The van der Waals surface area contributed by atoms with Crippen LogP contribution < -0.4 is 0 Å². The van der Waals surface area contributed by atoms with E-state index in [2.05, 4.69) is 0 Å². The average molecular weight is 429 g/mol. The van der Waals surface area contributed by atoms with Gasteiger partial charge in [-0.05, 0) is 35.9 Å². The summed E-state index contributed by atoms with van der Waals surface area (Å²) >= 11 is 2.55. The van der Waals surface area contributed by atoms with Crippen molar-refractivity contribution >= 4 is 40.6 Å². The number of benzene rings is 2. The number of imide groups is 1. The second-order valence-electron chi connectivity index (χ2n) is 6.69. The van der Waals surface area contributed by atoms with Crippen LogP contribution in [0.15, 0.2) is 59.5 Å². The third-order valence-electron chi connectivity index (χ3n) is 4.70. The summed E-state index contributed by atoms with van der Waals surface area (Å²) in [4.78, 5) is 41.2. The molecule has 0 radical (unpaired) electrons. The lowest BCUT2D eigenvalue weighted by atomic mass is 10.2. The Morgan fingerprint density at radius 1 is 1.00 bits per heavy atom. The largest absolute Gasteiger partial charge is 0.357 e. The number of carbonyl (C=O) groups is 3. The zero-order chi connectivity index (χ0) is 20.2. The fourth-order valence-electron chi connectivity index (χ4n) is 3.19. The SMILES string of the molecule is O=C1c2ccccc2SCN1CCCOC1SC(=O)N(Cc2ccccc2)C1=O. The van der Waals surface area contributed by atoms with Gasteiger partial charge in [0.05, 0.1) is 24.6 Å². The van der Waals surface area contributed by atoms with E-state index in [1.54, 1.807) is 16.7 Å². The van der Waals surface area contributed by atoms with E-state index in [0.717, 1.165) is 27.8 Å². The summed E-state index contributed by atoms with van der Waals surface area (Å²) in [6.07, 6.45) is 0.603. The summed E-state index contributed by atoms with van der Waals surface area (Å²) in [5.41, 5.74) is 0.823. The zero-order valence-corrected chi connectivity index (χ0v) is 17.3. The van der Waals surface area contributed by atoms with E-state index in [1.807, 2.05) is 54.6 Å². The molecule has 150 valence electrons. The van der Waals surface area contributed by atoms with Gasteiger partial charge >= 0.3 is 0 Å². The molecule has 1 atom stereocenters. The molecule has 4 rings (SSSR count). The summed E-state index contributed by atoms with van der Waals surface area (Å²) < 4.78 is 5.66. The van der Waals surface area contributed by atoms with Gasteiger partial charge in [0.25, 0.3) is 17.1 Å². The molecule has 0 saturated carbocycles. The van der Waals surface area contributed by atoms with Crippen LogP contribution in [-0.4, -0.2) is 51.3 Å². The van der Waals surface area contributed by atoms with Crippen molar-refractivity contribution in [1.29, 1.82) is 0 Å². The fourth-order valence-corrected chi connectivity index (χ4v) is 5.08. The second kappa shape index (κ2) is 9.02. The van der Waals surface area contributed by atoms with E-state index in [0.29, 0.717) is 25.4 Å². The molecule has 0 aliphatic carbocycles. The van der Waals surface area contributed by atoms with Gasteiger partial charge in [0, 0.05) is 11.4 Å². The zero-order valence-electron chi connectivity index (χ0n) is 15.7. The van der Waals surface area contributed by atoms with Gasteiger partial charge in [-0.2, -0.15) is 0 Å². The molecule has 0 bridgehead atoms. The first kappa shape index (κ1) is 20.0. The molecular weight excluding hydrogens is 408 g/mol. The molecule has 1 fully saturated rings. The molecule has 1 saturated heterocycles. The molecule has 29 heavy (non-hydrogen) atoms. The summed E-state index contributed by atoms with van der Waals surface area (Å²) in [5.74, 6) is 0.313. The van der Waals surface area contributed by atoms with Gasteiger partial charge in [0.15, 0.2) is 5.44 Å². The van der Waals surface area contributed by atoms with Crippen LogP contribution in [0.3, 0.4) is 0 Å². The smallest absolute Gasteiger partial charge is 0.291 e. The van der Waals surface area contributed by atoms with Crippen LogP contribution in [0.4, 0.5) is 4.79 Å². The van der Waals surface area contributed by atoms with Crippen molar-refractivity contribution in [3.05, 3.63) is 65.7 Å². The minimum absolute atomic E-state index is 0.0230. The minimum Gasteiger partial charge on any atom is -0.357 e.